The van der Waals surface area contributed by atoms with Gasteiger partial charge in [0.1, 0.15) is 0 Å². The van der Waals surface area contributed by atoms with Crippen LogP contribution in [0.4, 0.5) is 0 Å². The molecule has 0 saturated heterocycles. The van der Waals surface area contributed by atoms with Crippen LogP contribution in [0.5, 0.6) is 0 Å². The Morgan fingerprint density at radius 1 is 1.30 bits per heavy atom. The highest BCUT2D eigenvalue weighted by Gasteiger charge is 2.05. The summed E-state index contributed by atoms with van der Waals surface area (Å²) in [4.78, 5) is 14.6. The fraction of sp³-hybridized carbons (Fsp3) is 0.857. The van der Waals surface area contributed by atoms with Crippen molar-refractivity contribution in [3.63, 3.8) is 0 Å². The Bertz CT molecular complexity index is 112. The molecule has 0 aromatic carbocycles. The number of rotatable bonds is 3. The maximum absolute atomic E-state index is 11.1. The molecule has 0 atom stereocenters. The van der Waals surface area contributed by atoms with Gasteiger partial charge in [-0.3, -0.25) is 4.79 Å². The van der Waals surface area contributed by atoms with Crippen LogP contribution >= 0.6 is 0 Å². The van der Waals surface area contributed by atoms with Crippen molar-refractivity contribution in [2.45, 2.75) is 6.92 Å². The van der Waals surface area contributed by atoms with Gasteiger partial charge >= 0.3 is 0 Å². The SMILES string of the molecule is CCN(C)C(=O)CN(C)C. The van der Waals surface area contributed by atoms with E-state index < -0.39 is 0 Å². The number of carbonyl (C=O) groups is 1. The van der Waals surface area contributed by atoms with E-state index in [1.54, 1.807) is 4.90 Å². The van der Waals surface area contributed by atoms with Crippen molar-refractivity contribution >= 4 is 5.91 Å². The summed E-state index contributed by atoms with van der Waals surface area (Å²) in [6, 6.07) is 0. The average Bonchev–Trinajstić information content (AvgIpc) is 1.85. The predicted molar refractivity (Wildman–Crippen MR) is 41.9 cm³/mol. The predicted octanol–water partition coefficient (Wildman–Crippen LogP) is 0.0263. The highest BCUT2D eigenvalue weighted by molar-refractivity contribution is 5.77. The van der Waals surface area contributed by atoms with E-state index in [0.29, 0.717) is 6.54 Å². The topological polar surface area (TPSA) is 23.6 Å². The second-order valence-corrected chi connectivity index (χ2v) is 2.65. The van der Waals surface area contributed by atoms with E-state index in [9.17, 15) is 4.79 Å². The maximum atomic E-state index is 11.1. The molecule has 10 heavy (non-hydrogen) atoms. The molecule has 0 N–H and O–H groups in total. The second-order valence-electron chi connectivity index (χ2n) is 2.65. The lowest BCUT2D eigenvalue weighted by Gasteiger charge is -2.16. The van der Waals surface area contributed by atoms with Gasteiger partial charge in [0, 0.05) is 13.6 Å². The van der Waals surface area contributed by atoms with Gasteiger partial charge in [-0.05, 0) is 21.0 Å². The normalized spacial score (nSPS) is 10.1. The fourth-order valence-electron chi connectivity index (χ4n) is 0.568. The first-order valence-corrected chi connectivity index (χ1v) is 3.46. The number of amides is 1. The molecule has 0 bridgehead atoms. The van der Waals surface area contributed by atoms with Crippen LogP contribution in [0.15, 0.2) is 0 Å². The van der Waals surface area contributed by atoms with E-state index in [1.807, 2.05) is 33.0 Å². The Morgan fingerprint density at radius 2 is 1.80 bits per heavy atom. The third-order valence-electron chi connectivity index (χ3n) is 1.35. The van der Waals surface area contributed by atoms with E-state index in [2.05, 4.69) is 0 Å². The highest BCUT2D eigenvalue weighted by atomic mass is 16.2. The van der Waals surface area contributed by atoms with Crippen LogP contribution in [0, 0.1) is 0 Å². The average molecular weight is 144 g/mol. The van der Waals surface area contributed by atoms with Crippen LogP contribution in [-0.4, -0.2) is 49.9 Å². The van der Waals surface area contributed by atoms with Gasteiger partial charge in [0.15, 0.2) is 0 Å². The second kappa shape index (κ2) is 4.28. The Morgan fingerprint density at radius 3 is 2.10 bits per heavy atom. The molecule has 0 spiro atoms. The van der Waals surface area contributed by atoms with Crippen LogP contribution < -0.4 is 0 Å². The summed E-state index contributed by atoms with van der Waals surface area (Å²) in [6.45, 7) is 3.25. The minimum absolute atomic E-state index is 0.174. The molecule has 0 aliphatic rings. The highest BCUT2D eigenvalue weighted by Crippen LogP contribution is 1.84. The molecule has 0 aliphatic carbocycles. The Hall–Kier alpha value is -0.570. The Balaban J connectivity index is 3.62. The van der Waals surface area contributed by atoms with E-state index >= 15 is 0 Å². The molecular weight excluding hydrogens is 128 g/mol. The molecule has 0 rings (SSSR count). The van der Waals surface area contributed by atoms with Crippen molar-refractivity contribution in [3.8, 4) is 0 Å². The molecule has 0 heterocycles. The first-order valence-electron chi connectivity index (χ1n) is 3.46. The zero-order valence-electron chi connectivity index (χ0n) is 7.22. The van der Waals surface area contributed by atoms with Gasteiger partial charge in [-0.1, -0.05) is 0 Å². The van der Waals surface area contributed by atoms with E-state index in [4.69, 9.17) is 0 Å². The third-order valence-corrected chi connectivity index (χ3v) is 1.35. The van der Waals surface area contributed by atoms with Crippen LogP contribution in [0.3, 0.4) is 0 Å². The monoisotopic (exact) mass is 144 g/mol. The smallest absolute Gasteiger partial charge is 0.236 e. The molecule has 0 aliphatic heterocycles. The summed E-state index contributed by atoms with van der Waals surface area (Å²) in [7, 11) is 5.59. The molecule has 0 fully saturated rings. The summed E-state index contributed by atoms with van der Waals surface area (Å²) in [5, 5.41) is 0. The number of nitrogens with zero attached hydrogens (tertiary/aromatic N) is 2. The lowest BCUT2D eigenvalue weighted by atomic mass is 10.5. The van der Waals surface area contributed by atoms with Gasteiger partial charge in [-0.15, -0.1) is 0 Å². The Kier molecular flexibility index (Phi) is 4.03. The molecule has 1 amide bonds. The number of likely N-dealkylation sites (N-methyl/N-ethyl adjacent to an activating group) is 2. The van der Waals surface area contributed by atoms with Crippen LogP contribution in [0.2, 0.25) is 0 Å². The summed E-state index contributed by atoms with van der Waals surface area (Å²) in [6.07, 6.45) is 0. The zero-order chi connectivity index (χ0) is 8.15. The number of hydrogen-bond donors (Lipinski definition) is 0. The zero-order valence-corrected chi connectivity index (χ0v) is 7.22. The number of carbonyl (C=O) groups excluding carboxylic acids is 1. The molecule has 0 aromatic heterocycles. The minimum Gasteiger partial charge on any atom is -0.345 e. The quantitative estimate of drug-likeness (QED) is 0.558. The summed E-state index contributed by atoms with van der Waals surface area (Å²) < 4.78 is 0. The van der Waals surface area contributed by atoms with Crippen LogP contribution in [0.1, 0.15) is 6.92 Å². The first-order chi connectivity index (χ1) is 4.57. The van der Waals surface area contributed by atoms with Crippen molar-refractivity contribution in [2.24, 2.45) is 0 Å². The molecule has 3 nitrogen and oxygen atoms in total. The number of hydrogen-bond acceptors (Lipinski definition) is 2. The lowest BCUT2D eigenvalue weighted by Crippen LogP contribution is -2.34. The molecule has 0 radical (unpaired) electrons. The third kappa shape index (κ3) is 3.45. The summed E-state index contributed by atoms with van der Waals surface area (Å²) >= 11 is 0. The van der Waals surface area contributed by atoms with Crippen molar-refractivity contribution in [1.29, 1.82) is 0 Å². The lowest BCUT2D eigenvalue weighted by molar-refractivity contribution is -0.130. The molecule has 0 unspecified atom stereocenters. The van der Waals surface area contributed by atoms with Crippen molar-refractivity contribution < 1.29 is 4.79 Å². The van der Waals surface area contributed by atoms with Crippen LogP contribution in [-0.2, 0) is 4.79 Å². The molecule has 3 heteroatoms. The molecule has 60 valence electrons. The molecule has 0 aromatic rings. The molecular formula is C7H16N2O. The van der Waals surface area contributed by atoms with Crippen molar-refractivity contribution in [2.75, 3.05) is 34.2 Å². The Labute approximate surface area is 62.6 Å². The van der Waals surface area contributed by atoms with Gasteiger partial charge < -0.3 is 9.80 Å². The van der Waals surface area contributed by atoms with Gasteiger partial charge in [-0.2, -0.15) is 0 Å². The maximum Gasteiger partial charge on any atom is 0.236 e. The van der Waals surface area contributed by atoms with E-state index in [-0.39, 0.29) is 5.91 Å². The summed E-state index contributed by atoms with van der Waals surface area (Å²) in [5.41, 5.74) is 0. The minimum atomic E-state index is 0.174. The standard InChI is InChI=1S/C7H16N2O/c1-5-9(4)7(10)6-8(2)3/h5-6H2,1-4H3. The first kappa shape index (κ1) is 9.43. The van der Waals surface area contributed by atoms with E-state index in [1.165, 1.54) is 0 Å². The largest absolute Gasteiger partial charge is 0.345 e. The molecule has 0 saturated carbocycles. The van der Waals surface area contributed by atoms with Crippen LogP contribution in [0.25, 0.3) is 0 Å². The van der Waals surface area contributed by atoms with Crippen molar-refractivity contribution in [3.05, 3.63) is 0 Å². The van der Waals surface area contributed by atoms with Gasteiger partial charge in [0.25, 0.3) is 0 Å². The van der Waals surface area contributed by atoms with Gasteiger partial charge in [-0.25, -0.2) is 0 Å². The van der Waals surface area contributed by atoms with Gasteiger partial charge in [0.2, 0.25) is 5.91 Å². The van der Waals surface area contributed by atoms with Gasteiger partial charge in [0.05, 0.1) is 6.54 Å². The van der Waals surface area contributed by atoms with Crippen molar-refractivity contribution in [1.82, 2.24) is 9.80 Å². The van der Waals surface area contributed by atoms with E-state index in [0.717, 1.165) is 6.54 Å². The summed E-state index contributed by atoms with van der Waals surface area (Å²) in [5.74, 6) is 0.174. The fourth-order valence-corrected chi connectivity index (χ4v) is 0.568.